The SMILES string of the molecule is Cc1ccc([S+]([O-])c2ccc(C)c(C[C@@H](C)C(C)C)c2)cc1C[C@@H](C)C(C)C. The second-order valence-corrected chi connectivity index (χ2v) is 10.8. The van der Waals surface area contributed by atoms with Gasteiger partial charge in [0.15, 0.2) is 9.79 Å². The summed E-state index contributed by atoms with van der Waals surface area (Å²) in [6.45, 7) is 18.0. The Morgan fingerprint density at radius 1 is 0.679 bits per heavy atom. The highest BCUT2D eigenvalue weighted by atomic mass is 32.2. The Morgan fingerprint density at radius 2 is 1.04 bits per heavy atom. The Hall–Kier alpha value is -1.25. The molecule has 0 aliphatic rings. The summed E-state index contributed by atoms with van der Waals surface area (Å²) >= 11 is -1.13. The van der Waals surface area contributed by atoms with Crippen LogP contribution in [0.2, 0.25) is 0 Å². The summed E-state index contributed by atoms with van der Waals surface area (Å²) in [5.41, 5.74) is 5.24. The van der Waals surface area contributed by atoms with Crippen molar-refractivity contribution in [2.75, 3.05) is 0 Å². The van der Waals surface area contributed by atoms with E-state index in [1.165, 1.54) is 22.3 Å². The first-order valence-electron chi connectivity index (χ1n) is 10.7. The standard InChI is InChI=1S/C26H38OS/c1-17(2)21(7)13-23-15-25(11-9-19(23)5)28(27)26-12-10-20(6)24(16-26)14-22(8)18(3)4/h9-12,15-18,21-22H,13-14H2,1-8H3/t21-,22-/m1/s1. The van der Waals surface area contributed by atoms with E-state index in [0.717, 1.165) is 22.6 Å². The lowest BCUT2D eigenvalue weighted by molar-refractivity contribution is 0.416. The molecule has 2 rings (SSSR count). The smallest absolute Gasteiger partial charge is 0.158 e. The van der Waals surface area contributed by atoms with Crippen LogP contribution >= 0.6 is 0 Å². The molecular weight excluding hydrogens is 360 g/mol. The minimum atomic E-state index is -1.13. The fraction of sp³-hybridized carbons (Fsp3) is 0.538. The minimum Gasteiger partial charge on any atom is -0.606 e. The number of benzene rings is 2. The lowest BCUT2D eigenvalue weighted by Gasteiger charge is -2.19. The zero-order valence-corrected chi connectivity index (χ0v) is 19.8. The lowest BCUT2D eigenvalue weighted by atomic mass is 9.89. The van der Waals surface area contributed by atoms with Crippen molar-refractivity contribution in [2.24, 2.45) is 23.7 Å². The quantitative estimate of drug-likeness (QED) is 0.433. The van der Waals surface area contributed by atoms with Crippen molar-refractivity contribution in [1.82, 2.24) is 0 Å². The van der Waals surface area contributed by atoms with Gasteiger partial charge in [0.25, 0.3) is 0 Å². The van der Waals surface area contributed by atoms with Gasteiger partial charge in [-0.05, 0) is 96.9 Å². The zero-order valence-electron chi connectivity index (χ0n) is 19.0. The number of hydrogen-bond donors (Lipinski definition) is 0. The molecule has 0 fully saturated rings. The summed E-state index contributed by atoms with van der Waals surface area (Å²) < 4.78 is 13.3. The third-order valence-electron chi connectivity index (χ3n) is 6.43. The van der Waals surface area contributed by atoms with Gasteiger partial charge in [-0.3, -0.25) is 0 Å². The fourth-order valence-corrected chi connectivity index (χ4v) is 4.42. The third kappa shape index (κ3) is 5.87. The third-order valence-corrected chi connectivity index (χ3v) is 7.79. The van der Waals surface area contributed by atoms with Gasteiger partial charge in [-0.2, -0.15) is 0 Å². The molecule has 0 spiro atoms. The van der Waals surface area contributed by atoms with Gasteiger partial charge in [0.2, 0.25) is 0 Å². The van der Waals surface area contributed by atoms with Gasteiger partial charge in [-0.25, -0.2) is 0 Å². The summed E-state index contributed by atoms with van der Waals surface area (Å²) in [7, 11) is 0. The van der Waals surface area contributed by atoms with Crippen molar-refractivity contribution >= 4 is 11.2 Å². The van der Waals surface area contributed by atoms with E-state index < -0.39 is 11.2 Å². The number of hydrogen-bond acceptors (Lipinski definition) is 1. The molecule has 0 heterocycles. The van der Waals surface area contributed by atoms with Gasteiger partial charge in [-0.1, -0.05) is 53.7 Å². The maximum Gasteiger partial charge on any atom is 0.158 e. The van der Waals surface area contributed by atoms with Crippen molar-refractivity contribution in [3.63, 3.8) is 0 Å². The monoisotopic (exact) mass is 398 g/mol. The van der Waals surface area contributed by atoms with E-state index in [0.29, 0.717) is 23.7 Å². The molecule has 0 radical (unpaired) electrons. The summed E-state index contributed by atoms with van der Waals surface area (Å²) in [5.74, 6) is 2.53. The second kappa shape index (κ2) is 9.98. The van der Waals surface area contributed by atoms with Crippen molar-refractivity contribution in [3.05, 3.63) is 58.7 Å². The van der Waals surface area contributed by atoms with Crippen molar-refractivity contribution in [1.29, 1.82) is 0 Å². The second-order valence-electron chi connectivity index (χ2n) is 9.30. The summed E-state index contributed by atoms with van der Waals surface area (Å²) in [6.07, 6.45) is 2.08. The number of rotatable bonds is 8. The molecule has 2 atom stereocenters. The van der Waals surface area contributed by atoms with Crippen LogP contribution < -0.4 is 0 Å². The first-order valence-corrected chi connectivity index (χ1v) is 11.9. The zero-order chi connectivity index (χ0) is 21.0. The number of aryl methyl sites for hydroxylation is 2. The minimum absolute atomic E-state index is 0.617. The van der Waals surface area contributed by atoms with Gasteiger partial charge in [-0.15, -0.1) is 0 Å². The molecule has 0 aromatic heterocycles. The molecule has 0 saturated carbocycles. The van der Waals surface area contributed by atoms with E-state index in [-0.39, 0.29) is 0 Å². The first kappa shape index (κ1) is 23.0. The normalized spacial score (nSPS) is 14.1. The average Bonchev–Trinajstić information content (AvgIpc) is 2.64. The van der Waals surface area contributed by atoms with Crippen LogP contribution in [0.4, 0.5) is 0 Å². The molecule has 154 valence electrons. The van der Waals surface area contributed by atoms with E-state index in [9.17, 15) is 4.55 Å². The average molecular weight is 399 g/mol. The molecule has 0 unspecified atom stereocenters. The van der Waals surface area contributed by atoms with Crippen LogP contribution in [-0.4, -0.2) is 4.55 Å². The molecule has 0 amide bonds. The first-order chi connectivity index (χ1) is 13.1. The Bertz CT molecular complexity index is 712. The highest BCUT2D eigenvalue weighted by Crippen LogP contribution is 2.28. The van der Waals surface area contributed by atoms with E-state index >= 15 is 0 Å². The van der Waals surface area contributed by atoms with Gasteiger partial charge in [0.1, 0.15) is 0 Å². The molecule has 2 heteroatoms. The van der Waals surface area contributed by atoms with E-state index in [4.69, 9.17) is 0 Å². The fourth-order valence-electron chi connectivity index (χ4n) is 3.27. The summed E-state index contributed by atoms with van der Waals surface area (Å²) in [6, 6.07) is 12.7. The van der Waals surface area contributed by atoms with E-state index in [2.05, 4.69) is 79.7 Å². The van der Waals surface area contributed by atoms with Gasteiger partial charge >= 0.3 is 0 Å². The van der Waals surface area contributed by atoms with E-state index in [1.54, 1.807) is 0 Å². The molecule has 0 aliphatic heterocycles. The molecule has 0 aliphatic carbocycles. The van der Waals surface area contributed by atoms with Crippen LogP contribution in [0.1, 0.15) is 63.8 Å². The summed E-state index contributed by atoms with van der Waals surface area (Å²) in [5, 5.41) is 0. The maximum atomic E-state index is 13.3. The van der Waals surface area contributed by atoms with Crippen molar-refractivity contribution in [3.8, 4) is 0 Å². The Balaban J connectivity index is 2.29. The van der Waals surface area contributed by atoms with Crippen molar-refractivity contribution in [2.45, 2.75) is 78.0 Å². The van der Waals surface area contributed by atoms with Crippen molar-refractivity contribution < 1.29 is 4.55 Å². The molecule has 0 saturated heterocycles. The lowest BCUT2D eigenvalue weighted by Crippen LogP contribution is -2.11. The van der Waals surface area contributed by atoms with Crippen LogP contribution in [0.5, 0.6) is 0 Å². The van der Waals surface area contributed by atoms with Crippen LogP contribution in [-0.2, 0) is 24.0 Å². The molecule has 1 nitrogen and oxygen atoms in total. The predicted octanol–water partition coefficient (Wildman–Crippen LogP) is 7.14. The topological polar surface area (TPSA) is 23.1 Å². The van der Waals surface area contributed by atoms with Gasteiger partial charge in [0.05, 0.1) is 0 Å². The van der Waals surface area contributed by atoms with Crippen LogP contribution in [0.3, 0.4) is 0 Å². The molecule has 28 heavy (non-hydrogen) atoms. The van der Waals surface area contributed by atoms with Crippen LogP contribution in [0, 0.1) is 37.5 Å². The van der Waals surface area contributed by atoms with Crippen LogP contribution in [0.25, 0.3) is 0 Å². The molecule has 2 aromatic carbocycles. The largest absolute Gasteiger partial charge is 0.606 e. The highest BCUT2D eigenvalue weighted by molar-refractivity contribution is 7.91. The maximum absolute atomic E-state index is 13.3. The van der Waals surface area contributed by atoms with Crippen LogP contribution in [0.15, 0.2) is 46.2 Å². The molecule has 0 N–H and O–H groups in total. The Labute approximate surface area is 176 Å². The van der Waals surface area contributed by atoms with Gasteiger partial charge in [0, 0.05) is 11.2 Å². The molecular formula is C26H38OS. The predicted molar refractivity (Wildman–Crippen MR) is 122 cm³/mol. The Kier molecular flexibility index (Phi) is 8.21. The molecule has 2 aromatic rings. The van der Waals surface area contributed by atoms with Gasteiger partial charge < -0.3 is 4.55 Å². The Morgan fingerprint density at radius 3 is 1.36 bits per heavy atom. The molecule has 0 bridgehead atoms. The van der Waals surface area contributed by atoms with E-state index in [1.807, 2.05) is 12.1 Å². The summed E-state index contributed by atoms with van der Waals surface area (Å²) in [4.78, 5) is 1.84. The highest BCUT2D eigenvalue weighted by Gasteiger charge is 2.20.